The van der Waals surface area contributed by atoms with Crippen LogP contribution in [0.4, 0.5) is 0 Å². The predicted molar refractivity (Wildman–Crippen MR) is 42.1 cm³/mol. The zero-order valence-electron chi connectivity index (χ0n) is 6.20. The van der Waals surface area contributed by atoms with Crippen LogP contribution >= 0.6 is 0 Å². The van der Waals surface area contributed by atoms with E-state index in [1.54, 1.807) is 13.3 Å². The fourth-order valence-electron chi connectivity index (χ4n) is 0.739. The smallest absolute Gasteiger partial charge is 0.0704 e. The van der Waals surface area contributed by atoms with Crippen molar-refractivity contribution in [3.8, 4) is 0 Å². The summed E-state index contributed by atoms with van der Waals surface area (Å²) in [4.78, 5) is 0. The van der Waals surface area contributed by atoms with E-state index in [0.29, 0.717) is 0 Å². The quantitative estimate of drug-likeness (QED) is 0.469. The molecule has 0 unspecified atom stereocenters. The predicted octanol–water partition coefficient (Wildman–Crippen LogP) is 0.578. The summed E-state index contributed by atoms with van der Waals surface area (Å²) in [6.45, 7) is 0. The van der Waals surface area contributed by atoms with Gasteiger partial charge in [0.2, 0.25) is 0 Å². The molecule has 1 aromatic rings. The molecule has 0 aliphatic heterocycles. The molecule has 1 N–H and O–H groups in total. The number of nitrogens with one attached hydrogen (secondary N) is 1. The van der Waals surface area contributed by atoms with Crippen LogP contribution in [-0.2, 0) is 7.05 Å². The van der Waals surface area contributed by atoms with Gasteiger partial charge in [0.05, 0.1) is 11.9 Å². The molecule has 0 saturated carbocycles. The molecule has 0 atom stereocenters. The fraction of sp³-hybridized carbons (Fsp3) is 0.286. The van der Waals surface area contributed by atoms with Crippen LogP contribution in [-0.4, -0.2) is 17.8 Å². The van der Waals surface area contributed by atoms with Crippen molar-refractivity contribution < 1.29 is 0 Å². The normalized spacial score (nSPS) is 10.6. The zero-order valence-corrected chi connectivity index (χ0v) is 6.20. The Balaban J connectivity index is 2.74. The molecular formula is C7H11N3. The number of hydrogen-bond donors (Lipinski definition) is 1. The van der Waals surface area contributed by atoms with E-state index >= 15 is 0 Å². The summed E-state index contributed by atoms with van der Waals surface area (Å²) in [5.41, 5.74) is 3.78. The van der Waals surface area contributed by atoms with Gasteiger partial charge in [-0.3, -0.25) is 0 Å². The monoisotopic (exact) mass is 137 g/mol. The van der Waals surface area contributed by atoms with Crippen molar-refractivity contribution in [1.29, 1.82) is 0 Å². The number of rotatable bonds is 2. The first kappa shape index (κ1) is 6.86. The highest BCUT2D eigenvalue weighted by molar-refractivity contribution is 5.77. The fourth-order valence-corrected chi connectivity index (χ4v) is 0.739. The van der Waals surface area contributed by atoms with Gasteiger partial charge in [0.25, 0.3) is 0 Å². The molecule has 0 amide bonds. The lowest BCUT2D eigenvalue weighted by atomic mass is 10.5. The SMILES string of the molecule is CN/N=C/c1cccn1C. The van der Waals surface area contributed by atoms with Gasteiger partial charge in [-0.05, 0) is 12.1 Å². The third kappa shape index (κ3) is 1.37. The maximum atomic E-state index is 3.88. The van der Waals surface area contributed by atoms with Gasteiger partial charge in [-0.2, -0.15) is 5.10 Å². The van der Waals surface area contributed by atoms with Gasteiger partial charge in [-0.25, -0.2) is 0 Å². The summed E-state index contributed by atoms with van der Waals surface area (Å²) in [5, 5.41) is 3.88. The first-order valence-electron chi connectivity index (χ1n) is 3.15. The third-order valence-electron chi connectivity index (χ3n) is 1.31. The van der Waals surface area contributed by atoms with Gasteiger partial charge >= 0.3 is 0 Å². The Labute approximate surface area is 60.4 Å². The van der Waals surface area contributed by atoms with Gasteiger partial charge < -0.3 is 9.99 Å². The molecule has 0 saturated heterocycles. The van der Waals surface area contributed by atoms with Crippen molar-refractivity contribution in [2.24, 2.45) is 12.1 Å². The summed E-state index contributed by atoms with van der Waals surface area (Å²) in [6.07, 6.45) is 3.76. The van der Waals surface area contributed by atoms with Crippen LogP contribution < -0.4 is 5.43 Å². The minimum Gasteiger partial charge on any atom is -0.350 e. The lowest BCUT2D eigenvalue weighted by Crippen LogP contribution is -1.98. The van der Waals surface area contributed by atoms with Crippen LogP contribution in [0, 0.1) is 0 Å². The Morgan fingerprint density at radius 3 is 3.00 bits per heavy atom. The highest BCUT2D eigenvalue weighted by Gasteiger charge is 1.88. The largest absolute Gasteiger partial charge is 0.350 e. The zero-order chi connectivity index (χ0) is 7.40. The first-order valence-corrected chi connectivity index (χ1v) is 3.15. The van der Waals surface area contributed by atoms with Crippen LogP contribution in [0.2, 0.25) is 0 Å². The molecule has 0 bridgehead atoms. The molecule has 0 aliphatic rings. The van der Waals surface area contributed by atoms with Crippen molar-refractivity contribution in [2.45, 2.75) is 0 Å². The molecule has 54 valence electrons. The standard InChI is InChI=1S/C7H11N3/c1-8-9-6-7-4-3-5-10(7)2/h3-6,8H,1-2H3/b9-6+. The average Bonchev–Trinajstić information content (AvgIpc) is 2.31. The van der Waals surface area contributed by atoms with Crippen molar-refractivity contribution in [1.82, 2.24) is 9.99 Å². The molecule has 0 aliphatic carbocycles. The second-order valence-corrected chi connectivity index (χ2v) is 2.03. The van der Waals surface area contributed by atoms with Crippen LogP contribution in [0.25, 0.3) is 0 Å². The molecule has 3 heteroatoms. The molecule has 10 heavy (non-hydrogen) atoms. The number of hydrazone groups is 1. The molecule has 0 fully saturated rings. The minimum atomic E-state index is 1.09. The maximum Gasteiger partial charge on any atom is 0.0704 e. The lowest BCUT2D eigenvalue weighted by Gasteiger charge is -1.93. The molecule has 1 rings (SSSR count). The van der Waals surface area contributed by atoms with Gasteiger partial charge in [-0.15, -0.1) is 0 Å². The Bertz CT molecular complexity index is 225. The Morgan fingerprint density at radius 2 is 2.50 bits per heavy atom. The molecule has 1 aromatic heterocycles. The lowest BCUT2D eigenvalue weighted by molar-refractivity contribution is 0.888. The van der Waals surface area contributed by atoms with Gasteiger partial charge in [-0.1, -0.05) is 0 Å². The minimum absolute atomic E-state index is 1.09. The first-order chi connectivity index (χ1) is 4.84. The molecule has 0 aromatic carbocycles. The molecule has 0 spiro atoms. The molecular weight excluding hydrogens is 126 g/mol. The van der Waals surface area contributed by atoms with Crippen molar-refractivity contribution in [3.05, 3.63) is 24.0 Å². The van der Waals surface area contributed by atoms with E-state index in [9.17, 15) is 0 Å². The van der Waals surface area contributed by atoms with Crippen LogP contribution in [0.15, 0.2) is 23.4 Å². The van der Waals surface area contributed by atoms with E-state index in [1.807, 2.05) is 29.9 Å². The summed E-state index contributed by atoms with van der Waals surface area (Å²) in [5.74, 6) is 0. The maximum absolute atomic E-state index is 3.88. The number of hydrogen-bond acceptors (Lipinski definition) is 2. The summed E-state index contributed by atoms with van der Waals surface area (Å²) in [7, 11) is 3.76. The summed E-state index contributed by atoms with van der Waals surface area (Å²) >= 11 is 0. The van der Waals surface area contributed by atoms with E-state index in [-0.39, 0.29) is 0 Å². The highest BCUT2D eigenvalue weighted by atomic mass is 15.3. The van der Waals surface area contributed by atoms with Gasteiger partial charge in [0, 0.05) is 20.3 Å². The molecule has 0 radical (unpaired) electrons. The van der Waals surface area contributed by atoms with Crippen molar-refractivity contribution >= 4 is 6.21 Å². The van der Waals surface area contributed by atoms with Crippen LogP contribution in [0.3, 0.4) is 0 Å². The molecule has 1 heterocycles. The van der Waals surface area contributed by atoms with Gasteiger partial charge in [0.1, 0.15) is 0 Å². The van der Waals surface area contributed by atoms with E-state index in [2.05, 4.69) is 10.5 Å². The van der Waals surface area contributed by atoms with E-state index in [1.165, 1.54) is 0 Å². The number of nitrogens with zero attached hydrogens (tertiary/aromatic N) is 2. The summed E-state index contributed by atoms with van der Waals surface area (Å²) < 4.78 is 2.00. The van der Waals surface area contributed by atoms with E-state index < -0.39 is 0 Å². The van der Waals surface area contributed by atoms with E-state index in [4.69, 9.17) is 0 Å². The second kappa shape index (κ2) is 3.06. The van der Waals surface area contributed by atoms with Crippen LogP contribution in [0.5, 0.6) is 0 Å². The highest BCUT2D eigenvalue weighted by Crippen LogP contribution is 1.93. The Hall–Kier alpha value is -1.25. The Kier molecular flexibility index (Phi) is 2.10. The Morgan fingerprint density at radius 1 is 1.70 bits per heavy atom. The summed E-state index contributed by atoms with van der Waals surface area (Å²) in [6, 6.07) is 3.98. The number of aromatic nitrogens is 1. The average molecular weight is 137 g/mol. The van der Waals surface area contributed by atoms with Crippen molar-refractivity contribution in [3.63, 3.8) is 0 Å². The third-order valence-corrected chi connectivity index (χ3v) is 1.31. The van der Waals surface area contributed by atoms with Crippen LogP contribution in [0.1, 0.15) is 5.69 Å². The molecule has 3 nitrogen and oxygen atoms in total. The topological polar surface area (TPSA) is 29.3 Å². The second-order valence-electron chi connectivity index (χ2n) is 2.03. The van der Waals surface area contributed by atoms with E-state index in [0.717, 1.165) is 5.69 Å². The van der Waals surface area contributed by atoms with Crippen molar-refractivity contribution in [2.75, 3.05) is 7.05 Å². The number of aryl methyl sites for hydroxylation is 1. The van der Waals surface area contributed by atoms with Gasteiger partial charge in [0.15, 0.2) is 0 Å².